The Bertz CT molecular complexity index is 677. The maximum absolute atomic E-state index is 11.6. The first-order valence-electron chi connectivity index (χ1n) is 8.90. The van der Waals surface area contributed by atoms with Crippen LogP contribution < -0.4 is 0 Å². The molecule has 0 radical (unpaired) electrons. The Morgan fingerprint density at radius 1 is 1.33 bits per heavy atom. The van der Waals surface area contributed by atoms with Crippen LogP contribution in [-0.2, 0) is 17.8 Å². The van der Waals surface area contributed by atoms with E-state index in [9.17, 15) is 4.79 Å². The number of rotatable bonds is 5. The second-order valence-electron chi connectivity index (χ2n) is 6.67. The summed E-state index contributed by atoms with van der Waals surface area (Å²) in [5, 5.41) is 4.36. The van der Waals surface area contributed by atoms with Crippen LogP contribution in [0.5, 0.6) is 0 Å². The van der Waals surface area contributed by atoms with E-state index < -0.39 is 0 Å². The molecule has 0 aromatic carbocycles. The van der Waals surface area contributed by atoms with Crippen molar-refractivity contribution >= 4 is 5.91 Å². The van der Waals surface area contributed by atoms with Gasteiger partial charge in [0.2, 0.25) is 5.91 Å². The topological polar surface area (TPSA) is 51.0 Å². The predicted octanol–water partition coefficient (Wildman–Crippen LogP) is 3.16. The molecular formula is C19H26N4O. The fourth-order valence-electron chi connectivity index (χ4n) is 3.49. The van der Waals surface area contributed by atoms with Crippen LogP contribution in [0.1, 0.15) is 38.7 Å². The van der Waals surface area contributed by atoms with Crippen LogP contribution in [0.25, 0.3) is 11.4 Å². The third kappa shape index (κ3) is 3.83. The number of nitrogens with zero attached hydrogens (tertiary/aromatic N) is 4. The molecule has 1 atom stereocenters. The average molecular weight is 326 g/mol. The normalized spacial score (nSPS) is 17.9. The van der Waals surface area contributed by atoms with Gasteiger partial charge in [-0.05, 0) is 49.3 Å². The Kier molecular flexibility index (Phi) is 5.28. The number of aryl methyl sites for hydroxylation is 1. The second kappa shape index (κ2) is 7.60. The number of hydrogen-bond acceptors (Lipinski definition) is 3. The minimum atomic E-state index is 0.192. The summed E-state index contributed by atoms with van der Waals surface area (Å²) in [7, 11) is 0. The summed E-state index contributed by atoms with van der Waals surface area (Å²) < 4.78 is 2.01. The maximum atomic E-state index is 11.6. The SMILES string of the molecule is CCCn1nccc1-c1ccc(C[C@H]2CCCN(C(C)=O)C2)cn1. The summed E-state index contributed by atoms with van der Waals surface area (Å²) in [6.45, 7) is 6.51. The Balaban J connectivity index is 1.66. The van der Waals surface area contributed by atoms with Gasteiger partial charge in [-0.3, -0.25) is 14.5 Å². The van der Waals surface area contributed by atoms with Crippen molar-refractivity contribution in [3.05, 3.63) is 36.2 Å². The van der Waals surface area contributed by atoms with Gasteiger partial charge in [0, 0.05) is 39.0 Å². The third-order valence-electron chi connectivity index (χ3n) is 4.73. The lowest BCUT2D eigenvalue weighted by Gasteiger charge is -2.32. The van der Waals surface area contributed by atoms with Gasteiger partial charge in [-0.1, -0.05) is 13.0 Å². The molecule has 0 unspecified atom stereocenters. The van der Waals surface area contributed by atoms with Crippen molar-refractivity contribution in [3.8, 4) is 11.4 Å². The van der Waals surface area contributed by atoms with E-state index >= 15 is 0 Å². The standard InChI is InChI=1S/C19H26N4O/c1-3-10-23-19(8-9-21-23)18-7-6-16(13-20-18)12-17-5-4-11-22(14-17)15(2)24/h6-9,13,17H,3-5,10-12,14H2,1-2H3/t17-/m1/s1. The minimum Gasteiger partial charge on any atom is -0.343 e. The summed E-state index contributed by atoms with van der Waals surface area (Å²) >= 11 is 0. The van der Waals surface area contributed by atoms with E-state index in [0.717, 1.165) is 50.3 Å². The number of hydrogen-bond donors (Lipinski definition) is 0. The molecule has 0 aliphatic carbocycles. The Hall–Kier alpha value is -2.17. The maximum Gasteiger partial charge on any atom is 0.219 e. The largest absolute Gasteiger partial charge is 0.343 e. The van der Waals surface area contributed by atoms with E-state index in [2.05, 4.69) is 29.1 Å². The highest BCUT2D eigenvalue weighted by Crippen LogP contribution is 2.22. The molecule has 1 aliphatic heterocycles. The summed E-state index contributed by atoms with van der Waals surface area (Å²) in [6, 6.07) is 6.27. The molecule has 1 aliphatic rings. The highest BCUT2D eigenvalue weighted by Gasteiger charge is 2.21. The van der Waals surface area contributed by atoms with Gasteiger partial charge in [0.15, 0.2) is 0 Å². The highest BCUT2D eigenvalue weighted by molar-refractivity contribution is 5.73. The highest BCUT2D eigenvalue weighted by atomic mass is 16.2. The lowest BCUT2D eigenvalue weighted by molar-refractivity contribution is -0.130. The zero-order chi connectivity index (χ0) is 16.9. The van der Waals surface area contributed by atoms with Crippen molar-refractivity contribution in [2.24, 2.45) is 5.92 Å². The van der Waals surface area contributed by atoms with Crippen LogP contribution in [0.4, 0.5) is 0 Å². The molecule has 128 valence electrons. The molecule has 1 fully saturated rings. The molecule has 3 rings (SSSR count). The number of carbonyl (C=O) groups is 1. The molecule has 5 heteroatoms. The predicted molar refractivity (Wildman–Crippen MR) is 94.4 cm³/mol. The molecule has 5 nitrogen and oxygen atoms in total. The monoisotopic (exact) mass is 326 g/mol. The Morgan fingerprint density at radius 2 is 2.21 bits per heavy atom. The zero-order valence-corrected chi connectivity index (χ0v) is 14.6. The fourth-order valence-corrected chi connectivity index (χ4v) is 3.49. The first-order valence-corrected chi connectivity index (χ1v) is 8.90. The molecule has 0 spiro atoms. The van der Waals surface area contributed by atoms with Gasteiger partial charge in [0.25, 0.3) is 0 Å². The van der Waals surface area contributed by atoms with Gasteiger partial charge in [0.05, 0.1) is 11.4 Å². The lowest BCUT2D eigenvalue weighted by Crippen LogP contribution is -2.39. The number of amides is 1. The smallest absolute Gasteiger partial charge is 0.219 e. The number of likely N-dealkylation sites (tertiary alicyclic amines) is 1. The molecule has 0 bridgehead atoms. The van der Waals surface area contributed by atoms with Gasteiger partial charge >= 0.3 is 0 Å². The second-order valence-corrected chi connectivity index (χ2v) is 6.67. The third-order valence-corrected chi connectivity index (χ3v) is 4.73. The summed E-state index contributed by atoms with van der Waals surface area (Å²) in [4.78, 5) is 18.2. The van der Waals surface area contributed by atoms with Gasteiger partial charge < -0.3 is 4.90 Å². The van der Waals surface area contributed by atoms with E-state index in [1.807, 2.05) is 28.0 Å². The molecule has 2 aromatic rings. The van der Waals surface area contributed by atoms with Crippen molar-refractivity contribution in [2.45, 2.75) is 46.1 Å². The Labute approximate surface area is 143 Å². The van der Waals surface area contributed by atoms with Crippen molar-refractivity contribution < 1.29 is 4.79 Å². The summed E-state index contributed by atoms with van der Waals surface area (Å²) in [6.07, 6.45) is 8.15. The molecule has 0 N–H and O–H groups in total. The van der Waals surface area contributed by atoms with Gasteiger partial charge in [0.1, 0.15) is 0 Å². The molecule has 1 saturated heterocycles. The first-order chi connectivity index (χ1) is 11.7. The van der Waals surface area contributed by atoms with Crippen molar-refractivity contribution in [2.75, 3.05) is 13.1 Å². The van der Waals surface area contributed by atoms with Crippen LogP contribution in [-0.4, -0.2) is 38.7 Å². The number of carbonyl (C=O) groups excluding carboxylic acids is 1. The minimum absolute atomic E-state index is 0.192. The van der Waals surface area contributed by atoms with E-state index in [-0.39, 0.29) is 5.91 Å². The molecular weight excluding hydrogens is 300 g/mol. The average Bonchev–Trinajstić information content (AvgIpc) is 3.04. The van der Waals surface area contributed by atoms with E-state index in [1.165, 1.54) is 12.0 Å². The quantitative estimate of drug-likeness (QED) is 0.848. The van der Waals surface area contributed by atoms with Crippen LogP contribution in [0, 0.1) is 5.92 Å². The molecule has 24 heavy (non-hydrogen) atoms. The molecule has 2 aromatic heterocycles. The van der Waals surface area contributed by atoms with E-state index in [4.69, 9.17) is 0 Å². The summed E-state index contributed by atoms with van der Waals surface area (Å²) in [5.74, 6) is 0.735. The van der Waals surface area contributed by atoms with Crippen LogP contribution in [0.2, 0.25) is 0 Å². The van der Waals surface area contributed by atoms with Crippen LogP contribution >= 0.6 is 0 Å². The number of aromatic nitrogens is 3. The van der Waals surface area contributed by atoms with Crippen LogP contribution in [0.3, 0.4) is 0 Å². The van der Waals surface area contributed by atoms with Crippen molar-refractivity contribution in [3.63, 3.8) is 0 Å². The van der Waals surface area contributed by atoms with Crippen molar-refractivity contribution in [1.82, 2.24) is 19.7 Å². The first kappa shape index (κ1) is 16.7. The fraction of sp³-hybridized carbons (Fsp3) is 0.526. The van der Waals surface area contributed by atoms with Gasteiger partial charge in [-0.25, -0.2) is 0 Å². The molecule has 3 heterocycles. The molecule has 0 saturated carbocycles. The molecule has 1 amide bonds. The van der Waals surface area contributed by atoms with Crippen LogP contribution in [0.15, 0.2) is 30.6 Å². The number of pyridine rings is 1. The van der Waals surface area contributed by atoms with Gasteiger partial charge in [-0.15, -0.1) is 0 Å². The van der Waals surface area contributed by atoms with E-state index in [0.29, 0.717) is 5.92 Å². The number of piperidine rings is 1. The van der Waals surface area contributed by atoms with Gasteiger partial charge in [-0.2, -0.15) is 5.10 Å². The lowest BCUT2D eigenvalue weighted by atomic mass is 9.92. The summed E-state index contributed by atoms with van der Waals surface area (Å²) in [5.41, 5.74) is 3.29. The zero-order valence-electron chi connectivity index (χ0n) is 14.6. The van der Waals surface area contributed by atoms with Crippen molar-refractivity contribution in [1.29, 1.82) is 0 Å². The van der Waals surface area contributed by atoms with E-state index in [1.54, 1.807) is 6.92 Å². The Morgan fingerprint density at radius 3 is 2.92 bits per heavy atom.